The molecule has 0 aromatic heterocycles. The van der Waals surface area contributed by atoms with Gasteiger partial charge in [-0.15, -0.1) is 0 Å². The summed E-state index contributed by atoms with van der Waals surface area (Å²) in [7, 11) is 0. The van der Waals surface area contributed by atoms with E-state index in [9.17, 15) is 0 Å². The molecule has 2 aromatic rings. The van der Waals surface area contributed by atoms with E-state index in [-0.39, 0.29) is 0 Å². The monoisotopic (exact) mass is 305 g/mol. The van der Waals surface area contributed by atoms with Crippen LogP contribution in [0.1, 0.15) is 29.0 Å². The third-order valence-electron chi connectivity index (χ3n) is 4.19. The third-order valence-corrected chi connectivity index (χ3v) is 4.93. The molecule has 0 fully saturated rings. The summed E-state index contributed by atoms with van der Waals surface area (Å²) in [5.74, 6) is 0.896. The van der Waals surface area contributed by atoms with Crippen molar-refractivity contribution in [3.63, 3.8) is 0 Å². The summed E-state index contributed by atoms with van der Waals surface area (Å²) in [6, 6.07) is 14.6. The van der Waals surface area contributed by atoms with Crippen LogP contribution in [0.25, 0.3) is 0 Å². The van der Waals surface area contributed by atoms with Gasteiger partial charge in [-0.3, -0.25) is 0 Å². The Hall–Kier alpha value is -1.02. The lowest BCUT2D eigenvalue weighted by Gasteiger charge is -2.31. The number of hydrogen-bond acceptors (Lipinski definition) is 1. The quantitative estimate of drug-likeness (QED) is 0.859. The van der Waals surface area contributed by atoms with Crippen LogP contribution in [0.5, 0.6) is 0 Å². The molecule has 0 radical (unpaired) electrons. The first-order chi connectivity index (χ1) is 9.69. The standard InChI is InChI=1S/C17H17Cl2N/c18-16-6-5-13(9-17(16)19)15-8-11(10-20)7-12-3-1-2-4-14(12)15/h1-6,9,11,15H,7-8,10,20H2/t11-,15-/m1/s1. The second-order valence-electron chi connectivity index (χ2n) is 5.47. The van der Waals surface area contributed by atoms with E-state index in [4.69, 9.17) is 28.9 Å². The molecular weight excluding hydrogens is 289 g/mol. The van der Waals surface area contributed by atoms with Crippen LogP contribution in [-0.2, 0) is 6.42 Å². The molecule has 1 aliphatic rings. The van der Waals surface area contributed by atoms with E-state index in [0.717, 1.165) is 19.4 Å². The largest absolute Gasteiger partial charge is 0.330 e. The lowest BCUT2D eigenvalue weighted by atomic mass is 9.74. The highest BCUT2D eigenvalue weighted by Crippen LogP contribution is 2.40. The molecule has 1 aliphatic carbocycles. The van der Waals surface area contributed by atoms with Crippen molar-refractivity contribution in [2.24, 2.45) is 11.7 Å². The second kappa shape index (κ2) is 5.77. The number of benzene rings is 2. The molecule has 104 valence electrons. The molecular formula is C17H17Cl2N. The maximum atomic E-state index is 6.17. The van der Waals surface area contributed by atoms with Crippen molar-refractivity contribution in [2.75, 3.05) is 6.54 Å². The van der Waals surface area contributed by atoms with Gasteiger partial charge in [0.15, 0.2) is 0 Å². The zero-order valence-electron chi connectivity index (χ0n) is 11.2. The summed E-state index contributed by atoms with van der Waals surface area (Å²) in [4.78, 5) is 0. The van der Waals surface area contributed by atoms with Gasteiger partial charge in [-0.1, -0.05) is 53.5 Å². The van der Waals surface area contributed by atoms with Gasteiger partial charge in [0.2, 0.25) is 0 Å². The van der Waals surface area contributed by atoms with Crippen molar-refractivity contribution in [2.45, 2.75) is 18.8 Å². The molecule has 2 aromatic carbocycles. The highest BCUT2D eigenvalue weighted by Gasteiger charge is 2.27. The van der Waals surface area contributed by atoms with E-state index in [1.54, 1.807) is 0 Å². The Kier molecular flexibility index (Phi) is 4.02. The highest BCUT2D eigenvalue weighted by molar-refractivity contribution is 6.42. The first-order valence-corrected chi connectivity index (χ1v) is 7.67. The number of halogens is 2. The Balaban J connectivity index is 2.05. The molecule has 2 N–H and O–H groups in total. The number of fused-ring (bicyclic) bond motifs is 1. The molecule has 3 rings (SSSR count). The second-order valence-corrected chi connectivity index (χ2v) is 6.28. The lowest BCUT2D eigenvalue weighted by molar-refractivity contribution is 0.437. The third kappa shape index (κ3) is 2.58. The molecule has 0 saturated heterocycles. The minimum absolute atomic E-state index is 0.364. The maximum Gasteiger partial charge on any atom is 0.0595 e. The van der Waals surface area contributed by atoms with E-state index < -0.39 is 0 Å². The zero-order valence-corrected chi connectivity index (χ0v) is 12.7. The Morgan fingerprint density at radius 3 is 2.60 bits per heavy atom. The summed E-state index contributed by atoms with van der Waals surface area (Å²) in [6.45, 7) is 0.728. The highest BCUT2D eigenvalue weighted by atomic mass is 35.5. The zero-order chi connectivity index (χ0) is 14.1. The van der Waals surface area contributed by atoms with Gasteiger partial charge in [-0.2, -0.15) is 0 Å². The van der Waals surface area contributed by atoms with Gasteiger partial charge in [-0.25, -0.2) is 0 Å². The smallest absolute Gasteiger partial charge is 0.0595 e. The molecule has 0 unspecified atom stereocenters. The van der Waals surface area contributed by atoms with Crippen molar-refractivity contribution in [1.29, 1.82) is 0 Å². The van der Waals surface area contributed by atoms with Crippen LogP contribution in [-0.4, -0.2) is 6.54 Å². The van der Waals surface area contributed by atoms with Crippen LogP contribution in [0.4, 0.5) is 0 Å². The Labute approximate surface area is 129 Å². The maximum absolute atomic E-state index is 6.17. The summed E-state index contributed by atoms with van der Waals surface area (Å²) < 4.78 is 0. The molecule has 0 spiro atoms. The predicted molar refractivity (Wildman–Crippen MR) is 85.6 cm³/mol. The number of rotatable bonds is 2. The fourth-order valence-corrected chi connectivity index (χ4v) is 3.45. The van der Waals surface area contributed by atoms with Gasteiger partial charge in [0, 0.05) is 5.92 Å². The molecule has 0 heterocycles. The number of hydrogen-bond donors (Lipinski definition) is 1. The molecule has 0 amide bonds. The lowest BCUT2D eigenvalue weighted by Crippen LogP contribution is -2.25. The first-order valence-electron chi connectivity index (χ1n) is 6.92. The molecule has 3 heteroatoms. The van der Waals surface area contributed by atoms with Crippen molar-refractivity contribution in [3.8, 4) is 0 Å². The van der Waals surface area contributed by atoms with Gasteiger partial charge in [-0.05, 0) is 54.1 Å². The van der Waals surface area contributed by atoms with Gasteiger partial charge in [0.25, 0.3) is 0 Å². The molecule has 2 atom stereocenters. The van der Waals surface area contributed by atoms with Crippen LogP contribution >= 0.6 is 23.2 Å². The fraction of sp³-hybridized carbons (Fsp3) is 0.294. The van der Waals surface area contributed by atoms with Crippen LogP contribution < -0.4 is 5.73 Å². The summed E-state index contributed by atoms with van der Waals surface area (Å²) >= 11 is 12.2. The molecule has 0 aliphatic heterocycles. The van der Waals surface area contributed by atoms with Crippen molar-refractivity contribution < 1.29 is 0 Å². The van der Waals surface area contributed by atoms with Gasteiger partial charge in [0.05, 0.1) is 10.0 Å². The summed E-state index contributed by atoms with van der Waals surface area (Å²) in [5, 5.41) is 1.23. The van der Waals surface area contributed by atoms with Crippen molar-refractivity contribution in [3.05, 3.63) is 69.2 Å². The molecule has 20 heavy (non-hydrogen) atoms. The average Bonchev–Trinajstić information content (AvgIpc) is 2.49. The SMILES string of the molecule is NC[C@@H]1Cc2ccccc2[C@@H](c2ccc(Cl)c(Cl)c2)C1. The summed E-state index contributed by atoms with van der Waals surface area (Å²) in [5.41, 5.74) is 9.94. The summed E-state index contributed by atoms with van der Waals surface area (Å²) in [6.07, 6.45) is 2.15. The molecule has 1 nitrogen and oxygen atoms in total. The normalized spacial score (nSPS) is 21.6. The van der Waals surface area contributed by atoms with E-state index >= 15 is 0 Å². The minimum Gasteiger partial charge on any atom is -0.330 e. The van der Waals surface area contributed by atoms with E-state index in [1.807, 2.05) is 12.1 Å². The van der Waals surface area contributed by atoms with Crippen molar-refractivity contribution in [1.82, 2.24) is 0 Å². The minimum atomic E-state index is 0.364. The van der Waals surface area contributed by atoms with Crippen LogP contribution in [0.2, 0.25) is 10.0 Å². The fourth-order valence-electron chi connectivity index (χ4n) is 3.14. The van der Waals surface area contributed by atoms with E-state index in [0.29, 0.717) is 21.9 Å². The van der Waals surface area contributed by atoms with Crippen molar-refractivity contribution >= 4 is 23.2 Å². The Morgan fingerprint density at radius 2 is 1.85 bits per heavy atom. The average molecular weight is 306 g/mol. The van der Waals surface area contributed by atoms with Crippen LogP contribution in [0.3, 0.4) is 0 Å². The first kappa shape index (κ1) is 13.9. The topological polar surface area (TPSA) is 26.0 Å². The van der Waals surface area contributed by atoms with E-state index in [1.165, 1.54) is 16.7 Å². The van der Waals surface area contributed by atoms with Crippen LogP contribution in [0, 0.1) is 5.92 Å². The van der Waals surface area contributed by atoms with Gasteiger partial charge in [0.1, 0.15) is 0 Å². The molecule has 0 saturated carbocycles. The Morgan fingerprint density at radius 1 is 1.05 bits per heavy atom. The molecule has 0 bridgehead atoms. The van der Waals surface area contributed by atoms with Gasteiger partial charge >= 0.3 is 0 Å². The van der Waals surface area contributed by atoms with Gasteiger partial charge < -0.3 is 5.73 Å². The predicted octanol–water partition coefficient (Wildman–Crippen LogP) is 4.65. The number of nitrogens with two attached hydrogens (primary N) is 1. The van der Waals surface area contributed by atoms with Crippen LogP contribution in [0.15, 0.2) is 42.5 Å². The van der Waals surface area contributed by atoms with E-state index in [2.05, 4.69) is 30.3 Å². The Bertz CT molecular complexity index is 624.